The van der Waals surface area contributed by atoms with Crippen LogP contribution in [0.2, 0.25) is 0 Å². The van der Waals surface area contributed by atoms with Gasteiger partial charge in [0.1, 0.15) is 24.4 Å². The maximum absolute atomic E-state index is 13.5. The normalized spacial score (nSPS) is 18.5. The zero-order valence-corrected chi connectivity index (χ0v) is 58.7. The van der Waals surface area contributed by atoms with Gasteiger partial charge in [-0.3, -0.25) is 9.59 Å². The number of rotatable bonds is 65. The molecule has 0 aromatic heterocycles. The van der Waals surface area contributed by atoms with Crippen molar-refractivity contribution >= 4 is 11.9 Å². The number of aliphatic hydroxyl groups excluding tert-OH is 5. The van der Waals surface area contributed by atoms with Crippen molar-refractivity contribution in [3.05, 3.63) is 97.2 Å². The second kappa shape index (κ2) is 66.6. The Labute approximate surface area is 558 Å². The first-order valence-corrected chi connectivity index (χ1v) is 38.0. The highest BCUT2D eigenvalue weighted by atomic mass is 16.7. The lowest BCUT2D eigenvalue weighted by Crippen LogP contribution is -2.61. The second-order valence-corrected chi connectivity index (χ2v) is 26.0. The minimum absolute atomic E-state index is 0.110. The van der Waals surface area contributed by atoms with Gasteiger partial charge < -0.3 is 45.1 Å². The van der Waals surface area contributed by atoms with Gasteiger partial charge in [-0.15, -0.1) is 0 Å². The van der Waals surface area contributed by atoms with Gasteiger partial charge in [0.15, 0.2) is 12.4 Å². The van der Waals surface area contributed by atoms with Gasteiger partial charge >= 0.3 is 5.97 Å². The number of nitrogens with one attached hydrogen (secondary N) is 1. The highest BCUT2D eigenvalue weighted by Gasteiger charge is 2.47. The Morgan fingerprint density at radius 3 is 1.20 bits per heavy atom. The lowest BCUT2D eigenvalue weighted by atomic mass is 9.99. The first-order chi connectivity index (χ1) is 44.7. The fourth-order valence-corrected chi connectivity index (χ4v) is 11.5. The number of esters is 1. The van der Waals surface area contributed by atoms with Crippen LogP contribution in [0.4, 0.5) is 0 Å². The fraction of sp³-hybridized carbons (Fsp3) is 0.775. The molecule has 0 bridgehead atoms. The number of ether oxygens (including phenoxy) is 3. The zero-order valence-electron chi connectivity index (χ0n) is 58.7. The van der Waals surface area contributed by atoms with Crippen LogP contribution < -0.4 is 5.32 Å². The Balaban J connectivity index is 2.52. The van der Waals surface area contributed by atoms with Gasteiger partial charge in [0, 0.05) is 6.42 Å². The van der Waals surface area contributed by atoms with E-state index >= 15 is 0 Å². The van der Waals surface area contributed by atoms with E-state index in [-0.39, 0.29) is 19.4 Å². The summed E-state index contributed by atoms with van der Waals surface area (Å²) >= 11 is 0. The van der Waals surface area contributed by atoms with E-state index in [1.165, 1.54) is 180 Å². The molecule has 1 saturated heterocycles. The average Bonchev–Trinajstić information content (AvgIpc) is 1.14. The van der Waals surface area contributed by atoms with E-state index in [0.717, 1.165) is 109 Å². The molecule has 11 heteroatoms. The molecule has 6 N–H and O–H groups in total. The minimum atomic E-state index is -1.62. The molecule has 0 radical (unpaired) electrons. The van der Waals surface area contributed by atoms with E-state index in [1.807, 2.05) is 6.08 Å². The molecule has 526 valence electrons. The summed E-state index contributed by atoms with van der Waals surface area (Å²) in [4.78, 5) is 26.7. The zero-order chi connectivity index (χ0) is 66.0. The van der Waals surface area contributed by atoms with E-state index in [0.29, 0.717) is 12.8 Å². The number of hydrogen-bond acceptors (Lipinski definition) is 10. The third-order valence-electron chi connectivity index (χ3n) is 17.5. The van der Waals surface area contributed by atoms with Gasteiger partial charge in [-0.25, -0.2) is 0 Å². The third-order valence-corrected chi connectivity index (χ3v) is 17.5. The van der Waals surface area contributed by atoms with Crippen LogP contribution in [-0.4, -0.2) is 99.6 Å². The van der Waals surface area contributed by atoms with Gasteiger partial charge in [-0.1, -0.05) is 323 Å². The fourth-order valence-electron chi connectivity index (χ4n) is 11.5. The summed E-state index contributed by atoms with van der Waals surface area (Å²) in [5.41, 5.74) is 0. The molecule has 91 heavy (non-hydrogen) atoms. The summed E-state index contributed by atoms with van der Waals surface area (Å²) in [5.74, 6) is -1.20. The quantitative estimate of drug-likeness (QED) is 0.0195. The predicted molar refractivity (Wildman–Crippen MR) is 384 cm³/mol. The van der Waals surface area contributed by atoms with Crippen LogP contribution in [0.15, 0.2) is 97.2 Å². The maximum Gasteiger partial charge on any atom is 0.306 e. The van der Waals surface area contributed by atoms with Crippen molar-refractivity contribution in [1.29, 1.82) is 0 Å². The van der Waals surface area contributed by atoms with Crippen LogP contribution in [0.3, 0.4) is 0 Å². The van der Waals surface area contributed by atoms with Crippen molar-refractivity contribution in [2.75, 3.05) is 13.2 Å². The summed E-state index contributed by atoms with van der Waals surface area (Å²) in [6.07, 6.45) is 80.3. The molecule has 8 atom stereocenters. The highest BCUT2D eigenvalue weighted by molar-refractivity contribution is 5.80. The Bertz CT molecular complexity index is 1860. The molecule has 11 nitrogen and oxygen atoms in total. The molecule has 0 saturated carbocycles. The van der Waals surface area contributed by atoms with Gasteiger partial charge in [-0.05, 0) is 103 Å². The van der Waals surface area contributed by atoms with Crippen molar-refractivity contribution in [2.24, 2.45) is 0 Å². The smallest absolute Gasteiger partial charge is 0.306 e. The first-order valence-electron chi connectivity index (χ1n) is 38.0. The SMILES string of the molecule is CC/C=C\C/C=C\C/C=C\C/C=C\C/C=C\C/C=C\CCCCCCCCCCC(=O)OC1C(OCC(NC(=O)C(O)CCCCCCCCCCCCCCCC/C=C/CCCCCCCC)C(O)/C=C/CCCCCCCCCCC)OC(CO)C(O)C1O. The molecule has 0 aromatic rings. The van der Waals surface area contributed by atoms with Gasteiger partial charge in [0.05, 0.1) is 25.4 Å². The molecule has 1 aliphatic heterocycles. The third kappa shape index (κ3) is 53.5. The van der Waals surface area contributed by atoms with E-state index in [9.17, 15) is 35.1 Å². The van der Waals surface area contributed by atoms with Crippen LogP contribution in [-0.2, 0) is 23.8 Å². The van der Waals surface area contributed by atoms with Gasteiger partial charge in [0.25, 0.3) is 0 Å². The number of hydrogen-bond donors (Lipinski definition) is 6. The second-order valence-electron chi connectivity index (χ2n) is 26.0. The summed E-state index contributed by atoms with van der Waals surface area (Å²) in [6, 6.07) is -1.03. The number of allylic oxidation sites excluding steroid dienone is 15. The summed E-state index contributed by atoms with van der Waals surface area (Å²) < 4.78 is 17.7. The Kier molecular flexibility index (Phi) is 62.6. The van der Waals surface area contributed by atoms with Crippen LogP contribution in [0.1, 0.15) is 335 Å². The molecular weight excluding hydrogens is 1130 g/mol. The molecular formula is C80H141NO10. The first kappa shape index (κ1) is 85.6. The van der Waals surface area contributed by atoms with E-state index in [2.05, 4.69) is 111 Å². The van der Waals surface area contributed by atoms with E-state index in [1.54, 1.807) is 6.08 Å². The Morgan fingerprint density at radius 2 is 0.791 bits per heavy atom. The Hall–Kier alpha value is -3.42. The van der Waals surface area contributed by atoms with Crippen LogP contribution in [0.25, 0.3) is 0 Å². The topological polar surface area (TPSA) is 175 Å². The van der Waals surface area contributed by atoms with Crippen molar-refractivity contribution in [2.45, 2.75) is 384 Å². The standard InChI is InChI=1S/C80H141NO10/c1-4-7-10-13-16-19-22-24-26-28-30-32-34-36-37-38-40-42-44-46-48-50-53-56-59-62-65-68-75(85)91-78-77(87)76(86)74(69-82)90-80(78)89-70-71(72(83)66-63-60-57-54-51-21-18-15-12-9-6-3)81-79(88)73(84)67-64-61-58-55-52-49-47-45-43-41-39-35-33-31-29-27-25-23-20-17-14-11-8-5-2/h7,10,16,19,24-27,30,32,36-37,40,42,63,66,71-74,76-78,80,82-84,86-87H,4-6,8-9,11-15,17-18,20-23,28-29,31,33-35,38-39,41,43-62,64-65,67-70H2,1-3H3,(H,81,88)/b10-7-,19-16-,26-24-,27-25+,32-30-,37-36-,42-40-,66-63+. The van der Waals surface area contributed by atoms with Gasteiger partial charge in [0.2, 0.25) is 5.91 Å². The van der Waals surface area contributed by atoms with E-state index in [4.69, 9.17) is 14.2 Å². The lowest BCUT2D eigenvalue weighted by Gasteiger charge is -2.41. The number of amides is 1. The van der Waals surface area contributed by atoms with Crippen molar-refractivity contribution in [3.63, 3.8) is 0 Å². The largest absolute Gasteiger partial charge is 0.454 e. The van der Waals surface area contributed by atoms with Crippen LogP contribution in [0, 0.1) is 0 Å². The maximum atomic E-state index is 13.5. The number of carbonyl (C=O) groups excluding carboxylic acids is 2. The number of aliphatic hydroxyl groups is 5. The highest BCUT2D eigenvalue weighted by Crippen LogP contribution is 2.26. The van der Waals surface area contributed by atoms with Crippen molar-refractivity contribution < 1.29 is 49.3 Å². The summed E-state index contributed by atoms with van der Waals surface area (Å²) in [7, 11) is 0. The molecule has 0 aliphatic carbocycles. The predicted octanol–water partition coefficient (Wildman–Crippen LogP) is 20.2. The summed E-state index contributed by atoms with van der Waals surface area (Å²) in [5, 5.41) is 57.3. The molecule has 1 fully saturated rings. The number of unbranched alkanes of at least 4 members (excludes halogenated alkanes) is 37. The molecule has 8 unspecified atom stereocenters. The van der Waals surface area contributed by atoms with E-state index < -0.39 is 67.4 Å². The molecule has 0 spiro atoms. The lowest BCUT2D eigenvalue weighted by molar-refractivity contribution is -0.305. The van der Waals surface area contributed by atoms with Gasteiger partial charge in [-0.2, -0.15) is 0 Å². The van der Waals surface area contributed by atoms with Crippen molar-refractivity contribution in [3.8, 4) is 0 Å². The Morgan fingerprint density at radius 1 is 0.440 bits per heavy atom. The molecule has 1 heterocycles. The minimum Gasteiger partial charge on any atom is -0.454 e. The number of carbonyl (C=O) groups is 2. The van der Waals surface area contributed by atoms with Crippen molar-refractivity contribution in [1.82, 2.24) is 5.32 Å². The molecule has 1 amide bonds. The van der Waals surface area contributed by atoms with Crippen LogP contribution >= 0.6 is 0 Å². The molecule has 1 aliphatic rings. The summed E-state index contributed by atoms with van der Waals surface area (Å²) in [6.45, 7) is 5.70. The van der Waals surface area contributed by atoms with Crippen LogP contribution in [0.5, 0.6) is 0 Å². The molecule has 0 aromatic carbocycles. The average molecular weight is 1280 g/mol. The monoisotopic (exact) mass is 1280 g/mol. The molecule has 1 rings (SSSR count).